The summed E-state index contributed by atoms with van der Waals surface area (Å²) in [4.78, 5) is 3.61. The highest BCUT2D eigenvalue weighted by atomic mass is 28.3. The Morgan fingerprint density at radius 1 is 1.17 bits per heavy atom. The zero-order valence-corrected chi connectivity index (χ0v) is 9.09. The molecule has 0 amide bonds. The van der Waals surface area contributed by atoms with E-state index in [0.717, 1.165) is 0 Å². The van der Waals surface area contributed by atoms with E-state index in [1.807, 2.05) is 6.07 Å². The third kappa shape index (κ3) is 2.70. The fraction of sp³-hybridized carbons (Fsp3) is 0.400. The molecule has 1 N–H and O–H groups in total. The first-order chi connectivity index (χ1) is 5.64. The van der Waals surface area contributed by atoms with E-state index in [4.69, 9.17) is 0 Å². The molecule has 0 bridgehead atoms. The van der Waals surface area contributed by atoms with Crippen LogP contribution < -0.4 is 4.98 Å². The van der Waals surface area contributed by atoms with Crippen molar-refractivity contribution in [2.45, 2.75) is 26.1 Å². The third-order valence-electron chi connectivity index (χ3n) is 2.14. The van der Waals surface area contributed by atoms with Crippen LogP contribution in [0.3, 0.4) is 0 Å². The molecular weight excluding hydrogens is 162 g/mol. The Kier molecular flexibility index (Phi) is 2.92. The molecule has 1 nitrogen and oxygen atoms in total. The Labute approximate surface area is 75.9 Å². The van der Waals surface area contributed by atoms with E-state index >= 15 is 0 Å². The van der Waals surface area contributed by atoms with Crippen LogP contribution in [0.4, 0.5) is 5.69 Å². The molecule has 1 rings (SSSR count). The molecule has 0 atom stereocenters. The van der Waals surface area contributed by atoms with Crippen LogP contribution in [-0.4, -0.2) is 8.24 Å². The van der Waals surface area contributed by atoms with Gasteiger partial charge < -0.3 is 4.98 Å². The van der Waals surface area contributed by atoms with E-state index in [1.54, 1.807) is 0 Å². The molecule has 12 heavy (non-hydrogen) atoms. The maximum atomic E-state index is 3.61. The first kappa shape index (κ1) is 9.33. The Bertz CT molecular complexity index is 231. The molecule has 0 fully saturated rings. The number of nitrogens with one attached hydrogen (secondary N) is 1. The van der Waals surface area contributed by atoms with Crippen LogP contribution in [0.25, 0.3) is 0 Å². The molecular formula is C10H17NSi. The summed E-state index contributed by atoms with van der Waals surface area (Å²) in [5.41, 5.74) is 1.26. The molecule has 0 heterocycles. The Morgan fingerprint density at radius 3 is 2.25 bits per heavy atom. The first-order valence-electron chi connectivity index (χ1n) is 4.47. The van der Waals surface area contributed by atoms with Gasteiger partial charge >= 0.3 is 0 Å². The lowest BCUT2D eigenvalue weighted by Gasteiger charge is -2.22. The monoisotopic (exact) mass is 179 g/mol. The highest BCUT2D eigenvalue weighted by Crippen LogP contribution is 2.14. The standard InChI is InChI=1S/C10H17NSi/c1-4-12(2,3)11-10-8-6-5-7-9-10/h5-9,11H,4H2,1-3H3. The Hall–Kier alpha value is -0.763. The molecule has 0 aromatic heterocycles. The maximum absolute atomic E-state index is 3.61. The topological polar surface area (TPSA) is 12.0 Å². The molecule has 0 aliphatic rings. The lowest BCUT2D eigenvalue weighted by molar-refractivity contribution is 1.34. The van der Waals surface area contributed by atoms with Crippen LogP contribution in [0, 0.1) is 0 Å². The van der Waals surface area contributed by atoms with Crippen LogP contribution in [0.5, 0.6) is 0 Å². The zero-order valence-electron chi connectivity index (χ0n) is 8.09. The lowest BCUT2D eigenvalue weighted by Crippen LogP contribution is -2.35. The van der Waals surface area contributed by atoms with Crippen molar-refractivity contribution in [3.8, 4) is 0 Å². The van der Waals surface area contributed by atoms with Gasteiger partial charge in [0, 0.05) is 5.69 Å². The molecule has 2 heteroatoms. The van der Waals surface area contributed by atoms with Crippen LogP contribution in [-0.2, 0) is 0 Å². The van der Waals surface area contributed by atoms with Crippen molar-refractivity contribution in [1.29, 1.82) is 0 Å². The van der Waals surface area contributed by atoms with Gasteiger partial charge in [-0.3, -0.25) is 0 Å². The lowest BCUT2D eigenvalue weighted by atomic mass is 10.3. The summed E-state index contributed by atoms with van der Waals surface area (Å²) in [6.07, 6.45) is 0. The van der Waals surface area contributed by atoms with Crippen LogP contribution in [0.2, 0.25) is 19.1 Å². The van der Waals surface area contributed by atoms with Crippen molar-refractivity contribution in [3.63, 3.8) is 0 Å². The van der Waals surface area contributed by atoms with Gasteiger partial charge in [-0.15, -0.1) is 0 Å². The highest BCUT2D eigenvalue weighted by molar-refractivity contribution is 6.80. The van der Waals surface area contributed by atoms with Gasteiger partial charge in [0.05, 0.1) is 0 Å². The number of benzene rings is 1. The van der Waals surface area contributed by atoms with Crippen LogP contribution in [0.1, 0.15) is 6.92 Å². The minimum absolute atomic E-state index is 1.17. The number of para-hydroxylation sites is 1. The van der Waals surface area contributed by atoms with Crippen molar-refractivity contribution >= 4 is 13.9 Å². The molecule has 1 aromatic carbocycles. The summed E-state index contributed by atoms with van der Waals surface area (Å²) in [5, 5.41) is 0. The van der Waals surface area contributed by atoms with Gasteiger partial charge in [-0.05, 0) is 18.2 Å². The first-order valence-corrected chi connectivity index (χ1v) is 7.68. The molecule has 0 saturated carbocycles. The Morgan fingerprint density at radius 2 is 1.75 bits per heavy atom. The second-order valence-corrected chi connectivity index (χ2v) is 8.45. The van der Waals surface area contributed by atoms with E-state index in [0.29, 0.717) is 0 Å². The SMILES string of the molecule is CC[Si](C)(C)Nc1ccccc1. The molecule has 0 unspecified atom stereocenters. The minimum atomic E-state index is -1.17. The van der Waals surface area contributed by atoms with Crippen LogP contribution in [0.15, 0.2) is 30.3 Å². The van der Waals surface area contributed by atoms with E-state index in [9.17, 15) is 0 Å². The fourth-order valence-corrected chi connectivity index (χ4v) is 2.13. The fourth-order valence-electron chi connectivity index (χ4n) is 1.00. The summed E-state index contributed by atoms with van der Waals surface area (Å²) in [6, 6.07) is 11.7. The third-order valence-corrected chi connectivity index (χ3v) is 4.87. The summed E-state index contributed by atoms with van der Waals surface area (Å²) < 4.78 is 0. The number of anilines is 1. The Balaban J connectivity index is 2.64. The van der Waals surface area contributed by atoms with Gasteiger partial charge in [-0.2, -0.15) is 0 Å². The van der Waals surface area contributed by atoms with Crippen molar-refractivity contribution in [2.24, 2.45) is 0 Å². The van der Waals surface area contributed by atoms with Crippen LogP contribution >= 0.6 is 0 Å². The maximum Gasteiger partial charge on any atom is 0.147 e. The van der Waals surface area contributed by atoms with Gasteiger partial charge in [0.15, 0.2) is 0 Å². The molecule has 0 aliphatic heterocycles. The number of hydrogen-bond acceptors (Lipinski definition) is 1. The molecule has 0 spiro atoms. The van der Waals surface area contributed by atoms with Gasteiger partial charge in [0.25, 0.3) is 0 Å². The molecule has 66 valence electrons. The predicted molar refractivity (Wildman–Crippen MR) is 58.0 cm³/mol. The molecule has 0 aliphatic carbocycles. The van der Waals surface area contributed by atoms with E-state index < -0.39 is 8.24 Å². The van der Waals surface area contributed by atoms with Crippen molar-refractivity contribution < 1.29 is 0 Å². The molecule has 0 saturated heterocycles. The van der Waals surface area contributed by atoms with E-state index in [2.05, 4.69) is 49.3 Å². The quantitative estimate of drug-likeness (QED) is 0.702. The summed E-state index contributed by atoms with van der Waals surface area (Å²) in [7, 11) is -1.17. The highest BCUT2D eigenvalue weighted by Gasteiger charge is 2.17. The normalized spacial score (nSPS) is 11.2. The summed E-state index contributed by atoms with van der Waals surface area (Å²) in [6.45, 7) is 6.95. The van der Waals surface area contributed by atoms with Gasteiger partial charge in [0.1, 0.15) is 8.24 Å². The van der Waals surface area contributed by atoms with E-state index in [1.165, 1.54) is 11.7 Å². The number of rotatable bonds is 3. The summed E-state index contributed by atoms with van der Waals surface area (Å²) in [5.74, 6) is 0. The van der Waals surface area contributed by atoms with Gasteiger partial charge in [-0.1, -0.05) is 38.2 Å². The van der Waals surface area contributed by atoms with Gasteiger partial charge in [0.2, 0.25) is 0 Å². The second kappa shape index (κ2) is 3.76. The predicted octanol–water partition coefficient (Wildman–Crippen LogP) is 3.32. The summed E-state index contributed by atoms with van der Waals surface area (Å²) >= 11 is 0. The number of hydrogen-bond donors (Lipinski definition) is 1. The zero-order chi connectivity index (χ0) is 9.03. The molecule has 0 radical (unpaired) electrons. The second-order valence-electron chi connectivity index (χ2n) is 3.73. The smallest absolute Gasteiger partial charge is 0.147 e. The average Bonchev–Trinajstić information content (AvgIpc) is 2.06. The van der Waals surface area contributed by atoms with Crippen molar-refractivity contribution in [1.82, 2.24) is 0 Å². The van der Waals surface area contributed by atoms with E-state index in [-0.39, 0.29) is 0 Å². The molecule has 1 aromatic rings. The van der Waals surface area contributed by atoms with Gasteiger partial charge in [-0.25, -0.2) is 0 Å². The largest absolute Gasteiger partial charge is 0.411 e. The van der Waals surface area contributed by atoms with Crippen molar-refractivity contribution in [3.05, 3.63) is 30.3 Å². The van der Waals surface area contributed by atoms with Crippen molar-refractivity contribution in [2.75, 3.05) is 4.98 Å². The minimum Gasteiger partial charge on any atom is -0.411 e. The average molecular weight is 179 g/mol.